The van der Waals surface area contributed by atoms with E-state index in [1.165, 1.54) is 18.2 Å². The minimum atomic E-state index is -1.25. The third-order valence-electron chi connectivity index (χ3n) is 2.83. The van der Waals surface area contributed by atoms with Crippen molar-refractivity contribution < 1.29 is 19.8 Å². The van der Waals surface area contributed by atoms with E-state index in [0.717, 1.165) is 25.0 Å². The lowest BCUT2D eigenvalue weighted by Crippen LogP contribution is -2.29. The summed E-state index contributed by atoms with van der Waals surface area (Å²) < 4.78 is 0. The molecule has 0 bridgehead atoms. The summed E-state index contributed by atoms with van der Waals surface area (Å²) in [6.45, 7) is 0.541. The Bertz CT molecular complexity index is 494. The molecule has 2 amide bonds. The van der Waals surface area contributed by atoms with E-state index in [0.29, 0.717) is 6.54 Å². The Labute approximate surface area is 127 Å². The summed E-state index contributed by atoms with van der Waals surface area (Å²) in [5.74, 6) is -0.576. The van der Waals surface area contributed by atoms with E-state index >= 15 is 0 Å². The van der Waals surface area contributed by atoms with Gasteiger partial charge >= 0.3 is 12.0 Å². The normalized spacial score (nSPS) is 10.1. The van der Waals surface area contributed by atoms with E-state index in [2.05, 4.69) is 16.9 Å². The minimum Gasteiger partial charge on any atom is -0.505 e. The number of para-hydroxylation sites is 1. The van der Waals surface area contributed by atoms with Crippen LogP contribution in [0.15, 0.2) is 18.2 Å². The predicted octanol–water partition coefficient (Wildman–Crippen LogP) is 2.75. The standard InChI is InChI=1S/C14H20N2O4S/c1-21-9-4-2-3-8-15-14(20)16-11-7-5-6-10(12(11)17)13(18)19/h5-7,17H,2-4,8-9H2,1H3,(H,18,19)(H2,15,16,20). The molecule has 6 nitrogen and oxygen atoms in total. The molecule has 1 aromatic rings. The van der Waals surface area contributed by atoms with Gasteiger partial charge in [0.1, 0.15) is 5.56 Å². The average Bonchev–Trinajstić information content (AvgIpc) is 2.44. The average molecular weight is 312 g/mol. The summed E-state index contributed by atoms with van der Waals surface area (Å²) in [5.41, 5.74) is -0.167. The molecule has 0 saturated carbocycles. The van der Waals surface area contributed by atoms with Crippen molar-refractivity contribution in [2.24, 2.45) is 0 Å². The van der Waals surface area contributed by atoms with Gasteiger partial charge in [-0.1, -0.05) is 12.5 Å². The highest BCUT2D eigenvalue weighted by Crippen LogP contribution is 2.27. The van der Waals surface area contributed by atoms with E-state index in [1.807, 2.05) is 0 Å². The van der Waals surface area contributed by atoms with Crippen LogP contribution in [0.2, 0.25) is 0 Å². The fourth-order valence-corrected chi connectivity index (χ4v) is 2.23. The van der Waals surface area contributed by atoms with Crippen LogP contribution in [-0.4, -0.2) is 40.8 Å². The summed E-state index contributed by atoms with van der Waals surface area (Å²) in [7, 11) is 0. The number of benzene rings is 1. The van der Waals surface area contributed by atoms with Crippen molar-refractivity contribution in [3.63, 3.8) is 0 Å². The number of anilines is 1. The van der Waals surface area contributed by atoms with Crippen LogP contribution in [0.25, 0.3) is 0 Å². The second kappa shape index (κ2) is 9.12. The van der Waals surface area contributed by atoms with Gasteiger partial charge in [0, 0.05) is 6.54 Å². The number of carboxylic acid groups (broad SMARTS) is 1. The molecule has 1 rings (SSSR count). The van der Waals surface area contributed by atoms with Crippen LogP contribution in [0, 0.1) is 0 Å². The lowest BCUT2D eigenvalue weighted by atomic mass is 10.1. The number of hydrogen-bond donors (Lipinski definition) is 4. The van der Waals surface area contributed by atoms with Crippen LogP contribution < -0.4 is 10.6 Å². The Morgan fingerprint density at radius 2 is 2.00 bits per heavy atom. The maximum Gasteiger partial charge on any atom is 0.339 e. The zero-order valence-electron chi connectivity index (χ0n) is 11.9. The second-order valence-corrected chi connectivity index (χ2v) is 5.43. The van der Waals surface area contributed by atoms with Gasteiger partial charge in [-0.3, -0.25) is 0 Å². The van der Waals surface area contributed by atoms with E-state index in [-0.39, 0.29) is 11.3 Å². The summed E-state index contributed by atoms with van der Waals surface area (Å²) in [6.07, 6.45) is 5.10. The lowest BCUT2D eigenvalue weighted by molar-refractivity contribution is 0.0693. The number of aromatic hydroxyl groups is 1. The van der Waals surface area contributed by atoms with Crippen molar-refractivity contribution in [1.29, 1.82) is 0 Å². The number of hydrogen-bond acceptors (Lipinski definition) is 4. The lowest BCUT2D eigenvalue weighted by Gasteiger charge is -2.10. The molecule has 0 spiro atoms. The number of unbranched alkanes of at least 4 members (excludes halogenated alkanes) is 2. The smallest absolute Gasteiger partial charge is 0.339 e. The number of aromatic carboxylic acids is 1. The number of urea groups is 1. The van der Waals surface area contributed by atoms with Crippen molar-refractivity contribution in [3.8, 4) is 5.75 Å². The van der Waals surface area contributed by atoms with Crippen LogP contribution >= 0.6 is 11.8 Å². The molecule has 0 aromatic heterocycles. The van der Waals surface area contributed by atoms with Crippen molar-refractivity contribution in [2.45, 2.75) is 19.3 Å². The molecule has 1 aromatic carbocycles. The number of nitrogens with one attached hydrogen (secondary N) is 2. The zero-order chi connectivity index (χ0) is 15.7. The first-order valence-corrected chi connectivity index (χ1v) is 8.04. The zero-order valence-corrected chi connectivity index (χ0v) is 12.7. The molecule has 0 fully saturated rings. The molecule has 0 radical (unpaired) electrons. The van der Waals surface area contributed by atoms with E-state index < -0.39 is 17.7 Å². The molecule has 0 atom stereocenters. The molecular weight excluding hydrogens is 292 g/mol. The van der Waals surface area contributed by atoms with Gasteiger partial charge in [-0.2, -0.15) is 11.8 Å². The van der Waals surface area contributed by atoms with E-state index in [4.69, 9.17) is 5.11 Å². The molecule has 0 unspecified atom stereocenters. The molecule has 0 heterocycles. The monoisotopic (exact) mass is 312 g/mol. The fourth-order valence-electron chi connectivity index (χ4n) is 1.73. The first-order valence-electron chi connectivity index (χ1n) is 6.65. The van der Waals surface area contributed by atoms with Crippen LogP contribution in [-0.2, 0) is 0 Å². The second-order valence-electron chi connectivity index (χ2n) is 4.44. The Balaban J connectivity index is 2.41. The first-order chi connectivity index (χ1) is 10.1. The molecule has 116 valence electrons. The number of rotatable bonds is 8. The van der Waals surface area contributed by atoms with E-state index in [1.54, 1.807) is 11.8 Å². The maximum absolute atomic E-state index is 11.6. The van der Waals surface area contributed by atoms with Gasteiger partial charge in [-0.05, 0) is 37.0 Å². The summed E-state index contributed by atoms with van der Waals surface area (Å²) in [4.78, 5) is 22.5. The molecule has 7 heteroatoms. The van der Waals surface area contributed by atoms with Crippen LogP contribution in [0.1, 0.15) is 29.6 Å². The number of amides is 2. The third kappa shape index (κ3) is 5.95. The van der Waals surface area contributed by atoms with Crippen molar-refractivity contribution in [1.82, 2.24) is 5.32 Å². The Morgan fingerprint density at radius 1 is 1.24 bits per heavy atom. The van der Waals surface area contributed by atoms with Gasteiger partial charge in [0.15, 0.2) is 5.75 Å². The van der Waals surface area contributed by atoms with Crippen molar-refractivity contribution in [2.75, 3.05) is 23.9 Å². The largest absolute Gasteiger partial charge is 0.505 e. The Morgan fingerprint density at radius 3 is 2.67 bits per heavy atom. The molecule has 0 aliphatic heterocycles. The number of carboxylic acids is 1. The topological polar surface area (TPSA) is 98.7 Å². The maximum atomic E-state index is 11.6. The summed E-state index contributed by atoms with van der Waals surface area (Å²) >= 11 is 1.80. The summed E-state index contributed by atoms with van der Waals surface area (Å²) in [6, 6.07) is 3.71. The number of phenols is 1. The van der Waals surface area contributed by atoms with Gasteiger partial charge in [-0.25, -0.2) is 9.59 Å². The number of thioether (sulfide) groups is 1. The van der Waals surface area contributed by atoms with Gasteiger partial charge in [0.2, 0.25) is 0 Å². The highest BCUT2D eigenvalue weighted by Gasteiger charge is 2.14. The molecule has 0 saturated heterocycles. The third-order valence-corrected chi connectivity index (χ3v) is 3.52. The Kier molecular flexibility index (Phi) is 7.45. The predicted molar refractivity (Wildman–Crippen MR) is 84.3 cm³/mol. The molecule has 21 heavy (non-hydrogen) atoms. The molecule has 0 aliphatic carbocycles. The number of carbonyl (C=O) groups excluding carboxylic acids is 1. The van der Waals surface area contributed by atoms with Gasteiger partial charge < -0.3 is 20.8 Å². The molecule has 0 aliphatic rings. The highest BCUT2D eigenvalue weighted by atomic mass is 32.2. The quantitative estimate of drug-likeness (QED) is 0.437. The summed E-state index contributed by atoms with van der Waals surface area (Å²) in [5, 5.41) is 23.7. The Hall–Kier alpha value is -1.89. The van der Waals surface area contributed by atoms with Crippen molar-refractivity contribution >= 4 is 29.4 Å². The van der Waals surface area contributed by atoms with Gasteiger partial charge in [-0.15, -0.1) is 0 Å². The molecule has 4 N–H and O–H groups in total. The SMILES string of the molecule is CSCCCCCNC(=O)Nc1cccc(C(=O)O)c1O. The van der Waals surface area contributed by atoms with E-state index in [9.17, 15) is 14.7 Å². The highest BCUT2D eigenvalue weighted by molar-refractivity contribution is 7.98. The fraction of sp³-hybridized carbons (Fsp3) is 0.429. The van der Waals surface area contributed by atoms with Gasteiger partial charge in [0.05, 0.1) is 5.69 Å². The van der Waals surface area contributed by atoms with Gasteiger partial charge in [0.25, 0.3) is 0 Å². The van der Waals surface area contributed by atoms with Crippen LogP contribution in [0.3, 0.4) is 0 Å². The minimum absolute atomic E-state index is 0.0785. The molecular formula is C14H20N2O4S. The number of carbonyl (C=O) groups is 2. The van der Waals surface area contributed by atoms with Crippen LogP contribution in [0.5, 0.6) is 5.75 Å². The first kappa shape index (κ1) is 17.2. The van der Waals surface area contributed by atoms with Crippen LogP contribution in [0.4, 0.5) is 10.5 Å². The van der Waals surface area contributed by atoms with Crippen molar-refractivity contribution in [3.05, 3.63) is 23.8 Å².